The van der Waals surface area contributed by atoms with Crippen molar-refractivity contribution in [3.05, 3.63) is 60.8 Å². The molecular formula is C23H26N4O2. The van der Waals surface area contributed by atoms with Crippen LogP contribution in [-0.4, -0.2) is 29.6 Å². The van der Waals surface area contributed by atoms with Crippen LogP contribution in [-0.2, 0) is 11.3 Å². The van der Waals surface area contributed by atoms with Gasteiger partial charge in [-0.3, -0.25) is 4.79 Å². The molecule has 1 aliphatic rings. The average Bonchev–Trinajstić information content (AvgIpc) is 3.15. The number of carbonyl (C=O) groups is 2. The molecule has 2 aromatic carbocycles. The maximum Gasteiger partial charge on any atom is 0.319 e. The quantitative estimate of drug-likeness (QED) is 0.614. The van der Waals surface area contributed by atoms with Crippen molar-refractivity contribution in [1.82, 2.24) is 9.88 Å². The minimum atomic E-state index is -0.232. The van der Waals surface area contributed by atoms with Crippen molar-refractivity contribution in [2.24, 2.45) is 0 Å². The first-order valence-electron chi connectivity index (χ1n) is 10.2. The third kappa shape index (κ3) is 4.59. The second kappa shape index (κ2) is 8.82. The topological polar surface area (TPSA) is 66.4 Å². The highest BCUT2D eigenvalue weighted by Gasteiger charge is 2.19. The van der Waals surface area contributed by atoms with Crippen LogP contribution in [0.25, 0.3) is 10.9 Å². The molecule has 0 spiro atoms. The van der Waals surface area contributed by atoms with Crippen molar-refractivity contribution in [1.29, 1.82) is 0 Å². The first-order chi connectivity index (χ1) is 14.2. The Morgan fingerprint density at radius 1 is 1.03 bits per heavy atom. The Balaban J connectivity index is 1.26. The third-order valence-electron chi connectivity index (χ3n) is 5.28. The average molecular weight is 390 g/mol. The van der Waals surface area contributed by atoms with Gasteiger partial charge in [-0.15, -0.1) is 0 Å². The molecule has 3 aromatic rings. The number of aromatic nitrogens is 1. The second-order valence-electron chi connectivity index (χ2n) is 7.36. The zero-order valence-corrected chi connectivity index (χ0v) is 16.4. The summed E-state index contributed by atoms with van der Waals surface area (Å²) in [5, 5.41) is 7.00. The van der Waals surface area contributed by atoms with E-state index < -0.39 is 0 Å². The summed E-state index contributed by atoms with van der Waals surface area (Å²) < 4.78 is 2.20. The number of rotatable bonds is 6. The molecule has 0 radical (unpaired) electrons. The van der Waals surface area contributed by atoms with E-state index in [0.717, 1.165) is 38.0 Å². The molecule has 0 aliphatic carbocycles. The zero-order valence-electron chi connectivity index (χ0n) is 16.4. The number of nitrogens with zero attached hydrogens (tertiary/aromatic N) is 2. The van der Waals surface area contributed by atoms with Gasteiger partial charge in [0.15, 0.2) is 0 Å². The Morgan fingerprint density at radius 2 is 1.93 bits per heavy atom. The molecule has 6 heteroatoms. The summed E-state index contributed by atoms with van der Waals surface area (Å²) in [6.07, 6.45) is 5.48. The molecule has 1 aromatic heterocycles. The van der Waals surface area contributed by atoms with Gasteiger partial charge in [0.25, 0.3) is 0 Å². The fraction of sp³-hybridized carbons (Fsp3) is 0.304. The van der Waals surface area contributed by atoms with E-state index >= 15 is 0 Å². The fourth-order valence-corrected chi connectivity index (χ4v) is 3.79. The molecule has 2 N–H and O–H groups in total. The van der Waals surface area contributed by atoms with Crippen molar-refractivity contribution >= 4 is 34.2 Å². The molecule has 6 nitrogen and oxygen atoms in total. The van der Waals surface area contributed by atoms with Gasteiger partial charge in [0.05, 0.1) is 0 Å². The number of fused-ring (bicyclic) bond motifs is 1. The van der Waals surface area contributed by atoms with E-state index in [4.69, 9.17) is 0 Å². The van der Waals surface area contributed by atoms with E-state index in [1.165, 1.54) is 10.9 Å². The predicted octanol–water partition coefficient (Wildman–Crippen LogP) is 4.37. The molecule has 1 fully saturated rings. The molecule has 0 atom stereocenters. The van der Waals surface area contributed by atoms with Crippen LogP contribution in [0.1, 0.15) is 25.7 Å². The molecule has 1 saturated heterocycles. The molecule has 29 heavy (non-hydrogen) atoms. The Hall–Kier alpha value is -3.28. The van der Waals surface area contributed by atoms with Crippen LogP contribution in [0.4, 0.5) is 16.2 Å². The highest BCUT2D eigenvalue weighted by molar-refractivity contribution is 5.95. The Bertz CT molecular complexity index is 1010. The number of nitrogens with one attached hydrogen (secondary N) is 2. The summed E-state index contributed by atoms with van der Waals surface area (Å²) in [5.74, 6) is 0.149. The largest absolute Gasteiger partial charge is 0.347 e. The molecule has 150 valence electrons. The second-order valence-corrected chi connectivity index (χ2v) is 7.36. The molecule has 0 bridgehead atoms. The van der Waals surface area contributed by atoms with Gasteiger partial charge in [0.2, 0.25) is 5.91 Å². The highest BCUT2D eigenvalue weighted by atomic mass is 16.2. The van der Waals surface area contributed by atoms with Crippen molar-refractivity contribution in [3.8, 4) is 0 Å². The lowest BCUT2D eigenvalue weighted by Gasteiger charge is -2.27. The van der Waals surface area contributed by atoms with E-state index in [1.54, 1.807) is 4.90 Å². The molecular weight excluding hydrogens is 364 g/mol. The van der Waals surface area contributed by atoms with Crippen LogP contribution in [0.2, 0.25) is 0 Å². The summed E-state index contributed by atoms with van der Waals surface area (Å²) in [6, 6.07) is 17.6. The minimum Gasteiger partial charge on any atom is -0.347 e. The number of aryl methyl sites for hydroxylation is 1. The van der Waals surface area contributed by atoms with Crippen molar-refractivity contribution in [3.63, 3.8) is 0 Å². The monoisotopic (exact) mass is 390 g/mol. The standard InChI is InChI=1S/C23H26N4O2/c28-22-11-3-4-15-27(22)20-9-5-8-19(17-20)25-23(29)24-13-6-14-26-16-12-18-7-1-2-10-21(18)26/h1-2,5,7-10,12,16-17H,3-4,6,11,13-15H2,(H2,24,25,29). The molecule has 4 rings (SSSR count). The van der Waals surface area contributed by atoms with Crippen molar-refractivity contribution in [2.45, 2.75) is 32.2 Å². The molecule has 1 aliphatic heterocycles. The van der Waals surface area contributed by atoms with Crippen LogP contribution < -0.4 is 15.5 Å². The molecule has 2 heterocycles. The van der Waals surface area contributed by atoms with Crippen LogP contribution in [0, 0.1) is 0 Å². The number of urea groups is 1. The van der Waals surface area contributed by atoms with Gasteiger partial charge in [-0.25, -0.2) is 4.79 Å². The molecule has 3 amide bonds. The maximum atomic E-state index is 12.2. The number of carbonyl (C=O) groups excluding carboxylic acids is 2. The number of benzene rings is 2. The Kier molecular flexibility index (Phi) is 5.79. The lowest BCUT2D eigenvalue weighted by atomic mass is 10.1. The van der Waals surface area contributed by atoms with E-state index in [0.29, 0.717) is 18.7 Å². The predicted molar refractivity (Wildman–Crippen MR) is 116 cm³/mol. The summed E-state index contributed by atoms with van der Waals surface area (Å²) in [5.41, 5.74) is 2.74. The number of para-hydroxylation sites is 1. The zero-order chi connectivity index (χ0) is 20.1. The third-order valence-corrected chi connectivity index (χ3v) is 5.28. The number of hydrogen-bond acceptors (Lipinski definition) is 2. The van der Waals surface area contributed by atoms with Crippen LogP contribution in [0.5, 0.6) is 0 Å². The minimum absolute atomic E-state index is 0.149. The fourth-order valence-electron chi connectivity index (χ4n) is 3.79. The Morgan fingerprint density at radius 3 is 2.83 bits per heavy atom. The summed E-state index contributed by atoms with van der Waals surface area (Å²) in [4.78, 5) is 26.1. The van der Waals surface area contributed by atoms with E-state index in [2.05, 4.69) is 39.6 Å². The molecule has 0 unspecified atom stereocenters. The Labute approximate surface area is 170 Å². The van der Waals surface area contributed by atoms with Gasteiger partial charge in [-0.1, -0.05) is 24.3 Å². The van der Waals surface area contributed by atoms with Gasteiger partial charge < -0.3 is 20.1 Å². The van der Waals surface area contributed by atoms with Crippen molar-refractivity contribution in [2.75, 3.05) is 23.3 Å². The van der Waals surface area contributed by atoms with Gasteiger partial charge >= 0.3 is 6.03 Å². The smallest absolute Gasteiger partial charge is 0.319 e. The van der Waals surface area contributed by atoms with Crippen molar-refractivity contribution < 1.29 is 9.59 Å². The summed E-state index contributed by atoms with van der Waals surface area (Å²) in [7, 11) is 0. The van der Waals surface area contributed by atoms with Gasteiger partial charge in [0.1, 0.15) is 0 Å². The molecule has 0 saturated carbocycles. The van der Waals surface area contributed by atoms with Crippen LogP contribution in [0.15, 0.2) is 60.8 Å². The number of amides is 3. The lowest BCUT2D eigenvalue weighted by Crippen LogP contribution is -2.35. The number of piperidine rings is 1. The number of hydrogen-bond donors (Lipinski definition) is 2. The lowest BCUT2D eigenvalue weighted by molar-refractivity contribution is -0.119. The van der Waals surface area contributed by atoms with E-state index in [-0.39, 0.29) is 11.9 Å². The van der Waals surface area contributed by atoms with Crippen LogP contribution in [0.3, 0.4) is 0 Å². The van der Waals surface area contributed by atoms with E-state index in [1.807, 2.05) is 36.4 Å². The van der Waals surface area contributed by atoms with Gasteiger partial charge in [0, 0.05) is 49.1 Å². The SMILES string of the molecule is O=C(NCCCn1ccc2ccccc21)Nc1cccc(N2CCCCC2=O)c1. The maximum absolute atomic E-state index is 12.2. The number of anilines is 2. The first kappa shape index (κ1) is 19.1. The van der Waals surface area contributed by atoms with E-state index in [9.17, 15) is 9.59 Å². The normalized spacial score (nSPS) is 14.2. The highest BCUT2D eigenvalue weighted by Crippen LogP contribution is 2.23. The van der Waals surface area contributed by atoms with Gasteiger partial charge in [-0.05, 0) is 55.0 Å². The summed E-state index contributed by atoms with van der Waals surface area (Å²) in [6.45, 7) is 2.17. The summed E-state index contributed by atoms with van der Waals surface area (Å²) >= 11 is 0. The van der Waals surface area contributed by atoms with Gasteiger partial charge in [-0.2, -0.15) is 0 Å². The first-order valence-corrected chi connectivity index (χ1v) is 10.2. The van der Waals surface area contributed by atoms with Crippen LogP contribution >= 0.6 is 0 Å².